The minimum absolute atomic E-state index is 0.0709. The van der Waals surface area contributed by atoms with Gasteiger partial charge in [-0.15, -0.1) is 0 Å². The van der Waals surface area contributed by atoms with Crippen LogP contribution in [0.1, 0.15) is 32.9 Å². The van der Waals surface area contributed by atoms with Crippen LogP contribution in [0.25, 0.3) is 5.69 Å². The zero-order chi connectivity index (χ0) is 29.1. The number of hydrogen-bond donors (Lipinski definition) is 1. The molecule has 0 unspecified atom stereocenters. The van der Waals surface area contributed by atoms with Crippen molar-refractivity contribution in [3.63, 3.8) is 0 Å². The Bertz CT molecular complexity index is 1610. The van der Waals surface area contributed by atoms with Crippen LogP contribution < -0.4 is 5.32 Å². The van der Waals surface area contributed by atoms with E-state index in [9.17, 15) is 30.8 Å². The summed E-state index contributed by atoms with van der Waals surface area (Å²) >= 11 is 0. The van der Waals surface area contributed by atoms with Gasteiger partial charge < -0.3 is 14.6 Å². The number of amides is 1. The zero-order valence-corrected chi connectivity index (χ0v) is 22.4. The van der Waals surface area contributed by atoms with Crippen LogP contribution in [0.5, 0.6) is 0 Å². The van der Waals surface area contributed by atoms with Crippen LogP contribution in [0, 0.1) is 12.7 Å². The molecule has 0 saturated carbocycles. The molecule has 0 atom stereocenters. The van der Waals surface area contributed by atoms with Crippen LogP contribution >= 0.6 is 0 Å². The number of rotatable bonds is 9. The van der Waals surface area contributed by atoms with Crippen molar-refractivity contribution in [2.24, 2.45) is 0 Å². The lowest BCUT2D eigenvalue weighted by Crippen LogP contribution is -2.16. The van der Waals surface area contributed by atoms with E-state index in [0.717, 1.165) is 24.0 Å². The van der Waals surface area contributed by atoms with E-state index in [1.54, 1.807) is 0 Å². The van der Waals surface area contributed by atoms with E-state index in [2.05, 4.69) is 5.32 Å². The molecule has 1 aromatic heterocycles. The number of halogens is 4. The van der Waals surface area contributed by atoms with Gasteiger partial charge in [-0.05, 0) is 61.0 Å². The number of nitrogens with one attached hydrogen (secondary N) is 1. The molecule has 0 bridgehead atoms. The molecule has 1 heterocycles. The summed E-state index contributed by atoms with van der Waals surface area (Å²) in [6.07, 6.45) is -3.62. The van der Waals surface area contributed by atoms with Crippen LogP contribution in [0.2, 0.25) is 0 Å². The number of carbonyl (C=O) groups excluding carboxylic acids is 1. The van der Waals surface area contributed by atoms with Gasteiger partial charge in [0, 0.05) is 29.8 Å². The highest BCUT2D eigenvalue weighted by Crippen LogP contribution is 2.36. The second kappa shape index (κ2) is 11.6. The van der Waals surface area contributed by atoms with Crippen molar-refractivity contribution in [2.75, 3.05) is 18.2 Å². The van der Waals surface area contributed by atoms with Gasteiger partial charge in [-0.25, -0.2) is 12.8 Å². The average Bonchev–Trinajstić information content (AvgIpc) is 3.22. The number of sulfone groups is 1. The second-order valence-electron chi connectivity index (χ2n) is 9.17. The fourth-order valence-electron chi connectivity index (χ4n) is 4.28. The maximum absolute atomic E-state index is 13.9. The molecule has 0 spiro atoms. The zero-order valence-electron chi connectivity index (χ0n) is 21.6. The highest BCUT2D eigenvalue weighted by atomic mass is 32.2. The first-order chi connectivity index (χ1) is 18.8. The molecule has 0 aliphatic rings. The van der Waals surface area contributed by atoms with Gasteiger partial charge in [-0.3, -0.25) is 4.79 Å². The number of anilines is 1. The van der Waals surface area contributed by atoms with Crippen LogP contribution in [0.4, 0.5) is 23.2 Å². The Morgan fingerprint density at radius 1 is 0.975 bits per heavy atom. The topological polar surface area (TPSA) is 77.4 Å². The first kappa shape index (κ1) is 29.0. The maximum atomic E-state index is 13.9. The smallest absolute Gasteiger partial charge is 0.376 e. The van der Waals surface area contributed by atoms with Crippen LogP contribution in [0.3, 0.4) is 0 Å². The number of alkyl halides is 3. The Kier molecular flexibility index (Phi) is 8.45. The van der Waals surface area contributed by atoms with Gasteiger partial charge in [0.15, 0.2) is 9.84 Å². The molecule has 0 aliphatic heterocycles. The monoisotopic (exact) mass is 574 g/mol. The van der Waals surface area contributed by atoms with E-state index in [0.29, 0.717) is 24.1 Å². The molecular weight excluding hydrogens is 548 g/mol. The van der Waals surface area contributed by atoms with Crippen molar-refractivity contribution in [3.05, 3.63) is 113 Å². The molecule has 0 saturated heterocycles. The second-order valence-corrected chi connectivity index (χ2v) is 11.2. The van der Waals surface area contributed by atoms with Gasteiger partial charge in [-0.2, -0.15) is 13.2 Å². The predicted octanol–water partition coefficient (Wildman–Crippen LogP) is 6.36. The SMILES string of the molecule is Cc1c(C(=O)Nc2ccc(S(C)(=O)=O)cc2)cc(CCOCc2ccccc2)n1-c1ccc(F)cc1C(F)(F)F. The third-order valence-electron chi connectivity index (χ3n) is 6.23. The van der Waals surface area contributed by atoms with E-state index in [1.165, 1.54) is 41.8 Å². The lowest BCUT2D eigenvalue weighted by atomic mass is 10.1. The quantitative estimate of drug-likeness (QED) is 0.187. The average molecular weight is 575 g/mol. The molecule has 40 heavy (non-hydrogen) atoms. The van der Waals surface area contributed by atoms with Crippen molar-refractivity contribution in [2.45, 2.75) is 31.0 Å². The van der Waals surface area contributed by atoms with Crippen LogP contribution in [-0.2, 0) is 33.8 Å². The molecule has 3 aromatic carbocycles. The molecule has 11 heteroatoms. The molecule has 4 aromatic rings. The molecule has 210 valence electrons. The van der Waals surface area contributed by atoms with Crippen LogP contribution in [-0.4, -0.2) is 31.8 Å². The van der Waals surface area contributed by atoms with Gasteiger partial charge in [0.1, 0.15) is 5.82 Å². The molecular formula is C29H26F4N2O4S. The van der Waals surface area contributed by atoms with Gasteiger partial charge in [-0.1, -0.05) is 30.3 Å². The molecule has 6 nitrogen and oxygen atoms in total. The summed E-state index contributed by atoms with van der Waals surface area (Å²) in [5.74, 6) is -1.64. The number of benzene rings is 3. The standard InChI is InChI=1S/C29H26F4N2O4S/c1-19-25(28(36)34-22-9-11-24(12-10-22)40(2,37)38)17-23(14-15-39-18-20-6-4-3-5-7-20)35(19)27-13-8-21(30)16-26(27)29(31,32)33/h3-13,16-17H,14-15,18H2,1-2H3,(H,34,36). The molecule has 0 radical (unpaired) electrons. The summed E-state index contributed by atoms with van der Waals surface area (Å²) in [7, 11) is -3.43. The van der Waals surface area contributed by atoms with Crippen molar-refractivity contribution in [3.8, 4) is 5.69 Å². The van der Waals surface area contributed by atoms with E-state index in [-0.39, 0.29) is 34.9 Å². The van der Waals surface area contributed by atoms with E-state index >= 15 is 0 Å². The summed E-state index contributed by atoms with van der Waals surface area (Å²) in [5.41, 5.74) is 0.398. The van der Waals surface area contributed by atoms with E-state index < -0.39 is 33.3 Å². The predicted molar refractivity (Wildman–Crippen MR) is 143 cm³/mol. The minimum Gasteiger partial charge on any atom is -0.376 e. The fraction of sp³-hybridized carbons (Fsp3) is 0.207. The van der Waals surface area contributed by atoms with Gasteiger partial charge in [0.25, 0.3) is 5.91 Å². The molecule has 0 aliphatic carbocycles. The third kappa shape index (κ3) is 6.78. The largest absolute Gasteiger partial charge is 0.418 e. The molecule has 0 fully saturated rings. The number of ether oxygens (including phenoxy) is 1. The Balaban J connectivity index is 1.67. The van der Waals surface area contributed by atoms with E-state index in [1.807, 2.05) is 30.3 Å². The van der Waals surface area contributed by atoms with Gasteiger partial charge >= 0.3 is 6.18 Å². The van der Waals surface area contributed by atoms with Crippen molar-refractivity contribution in [1.29, 1.82) is 0 Å². The normalized spacial score (nSPS) is 11.9. The maximum Gasteiger partial charge on any atom is 0.418 e. The number of nitrogens with zero attached hydrogens (tertiary/aromatic N) is 1. The number of carbonyl (C=O) groups is 1. The lowest BCUT2D eigenvalue weighted by molar-refractivity contribution is -0.137. The molecule has 1 amide bonds. The molecule has 1 N–H and O–H groups in total. The summed E-state index contributed by atoms with van der Waals surface area (Å²) in [6.45, 7) is 1.94. The first-order valence-corrected chi connectivity index (χ1v) is 14.0. The van der Waals surface area contributed by atoms with Crippen LogP contribution in [0.15, 0.2) is 83.8 Å². The Labute approximate surface area is 229 Å². The first-order valence-electron chi connectivity index (χ1n) is 12.2. The highest BCUT2D eigenvalue weighted by molar-refractivity contribution is 7.90. The van der Waals surface area contributed by atoms with Crippen molar-refractivity contribution < 1.29 is 35.5 Å². The van der Waals surface area contributed by atoms with Gasteiger partial charge in [0.2, 0.25) is 0 Å². The van der Waals surface area contributed by atoms with Crippen molar-refractivity contribution in [1.82, 2.24) is 4.57 Å². The summed E-state index contributed by atoms with van der Waals surface area (Å²) in [6, 6.07) is 18.7. The molecule has 4 rings (SSSR count). The number of hydrogen-bond acceptors (Lipinski definition) is 4. The lowest BCUT2D eigenvalue weighted by Gasteiger charge is -2.18. The van der Waals surface area contributed by atoms with E-state index in [4.69, 9.17) is 4.74 Å². The van der Waals surface area contributed by atoms with Gasteiger partial charge in [0.05, 0.1) is 34.9 Å². The summed E-state index contributed by atoms with van der Waals surface area (Å²) in [5, 5.41) is 2.65. The Morgan fingerprint density at radius 2 is 1.65 bits per heavy atom. The minimum atomic E-state index is -4.85. The fourth-order valence-corrected chi connectivity index (χ4v) is 4.91. The third-order valence-corrected chi connectivity index (χ3v) is 7.36. The Morgan fingerprint density at radius 3 is 2.27 bits per heavy atom. The Hall–Kier alpha value is -3.96. The summed E-state index contributed by atoms with van der Waals surface area (Å²) in [4.78, 5) is 13.3. The summed E-state index contributed by atoms with van der Waals surface area (Å²) < 4.78 is 86.0. The number of aromatic nitrogens is 1. The van der Waals surface area contributed by atoms with Crippen molar-refractivity contribution >= 4 is 21.4 Å². The highest BCUT2D eigenvalue weighted by Gasteiger charge is 2.35.